The predicted octanol–water partition coefficient (Wildman–Crippen LogP) is 2.80. The Kier molecular flexibility index (Phi) is 6.06. The molecule has 1 spiro atoms. The molecule has 0 bridgehead atoms. The molecule has 3 atom stereocenters. The molecule has 8 nitrogen and oxygen atoms in total. The van der Waals surface area contributed by atoms with Crippen LogP contribution in [0, 0.1) is 5.92 Å². The fourth-order valence-electron chi connectivity index (χ4n) is 5.55. The van der Waals surface area contributed by atoms with E-state index >= 15 is 0 Å². The number of aryl methyl sites for hydroxylation is 1. The zero-order valence-corrected chi connectivity index (χ0v) is 20.7. The molecule has 1 aliphatic heterocycles. The fourth-order valence-corrected chi connectivity index (χ4v) is 5.55. The van der Waals surface area contributed by atoms with Crippen LogP contribution in [-0.2, 0) is 32.9 Å². The first-order chi connectivity index (χ1) is 17.2. The van der Waals surface area contributed by atoms with Crippen molar-refractivity contribution in [1.82, 2.24) is 15.1 Å². The third-order valence-electron chi connectivity index (χ3n) is 8.07. The molecule has 8 heteroatoms. The van der Waals surface area contributed by atoms with Gasteiger partial charge >= 0.3 is 6.03 Å². The Morgan fingerprint density at radius 3 is 2.53 bits per heavy atom. The molecular formula is C28H32N4O4. The van der Waals surface area contributed by atoms with Crippen LogP contribution in [0.5, 0.6) is 0 Å². The first-order valence-electron chi connectivity index (χ1n) is 12.6. The molecule has 1 unspecified atom stereocenters. The minimum absolute atomic E-state index is 0.0327. The minimum Gasteiger partial charge on any atom is -0.369 e. The van der Waals surface area contributed by atoms with Crippen LogP contribution in [0.25, 0.3) is 0 Å². The minimum atomic E-state index is -1.17. The van der Waals surface area contributed by atoms with E-state index in [-0.39, 0.29) is 18.5 Å². The number of primary amides is 1. The summed E-state index contributed by atoms with van der Waals surface area (Å²) in [7, 11) is 0. The number of benzene rings is 2. The third-order valence-corrected chi connectivity index (χ3v) is 8.07. The molecule has 2 fully saturated rings. The highest BCUT2D eigenvalue weighted by atomic mass is 16.2. The second kappa shape index (κ2) is 9.08. The lowest BCUT2D eigenvalue weighted by molar-refractivity contribution is -0.141. The number of urea groups is 1. The van der Waals surface area contributed by atoms with Crippen LogP contribution < -0.4 is 11.1 Å². The van der Waals surface area contributed by atoms with Crippen molar-refractivity contribution in [2.45, 2.75) is 63.6 Å². The Balaban J connectivity index is 1.36. The molecule has 0 radical (unpaired) electrons. The average Bonchev–Trinajstić information content (AvgIpc) is 3.62. The van der Waals surface area contributed by atoms with Crippen LogP contribution in [0.2, 0.25) is 0 Å². The predicted molar refractivity (Wildman–Crippen MR) is 133 cm³/mol. The molecule has 188 valence electrons. The topological polar surface area (TPSA) is 113 Å². The number of amides is 5. The second-order valence-electron chi connectivity index (χ2n) is 10.4. The van der Waals surface area contributed by atoms with E-state index in [2.05, 4.69) is 5.32 Å². The van der Waals surface area contributed by atoms with Crippen molar-refractivity contribution in [1.29, 1.82) is 0 Å². The summed E-state index contributed by atoms with van der Waals surface area (Å²) in [5.74, 6) is -1.04. The second-order valence-corrected chi connectivity index (χ2v) is 10.4. The average molecular weight is 489 g/mol. The molecule has 2 aliphatic carbocycles. The molecule has 2 aromatic carbocycles. The molecular weight excluding hydrogens is 456 g/mol. The SMILES string of the molecule is C[C@H](C(N)=O)c1ccc2c(c1)CCC21NC(=O)N(CC(=O)N(Cc2ccccc2)[C@@H](C)C2CC2)C1=O. The fraction of sp³-hybridized carbons (Fsp3) is 0.429. The monoisotopic (exact) mass is 488 g/mol. The van der Waals surface area contributed by atoms with Gasteiger partial charge in [0.25, 0.3) is 5.91 Å². The third kappa shape index (κ3) is 4.14. The van der Waals surface area contributed by atoms with Gasteiger partial charge in [-0.1, -0.05) is 48.5 Å². The van der Waals surface area contributed by atoms with Gasteiger partial charge in [-0.3, -0.25) is 19.3 Å². The number of fused-ring (bicyclic) bond motifs is 2. The quantitative estimate of drug-likeness (QED) is 0.556. The molecule has 3 aliphatic rings. The number of carbonyl (C=O) groups is 4. The van der Waals surface area contributed by atoms with Crippen LogP contribution >= 0.6 is 0 Å². The number of nitrogens with two attached hydrogens (primary N) is 1. The Bertz CT molecular complexity index is 1230. The van der Waals surface area contributed by atoms with E-state index in [4.69, 9.17) is 5.73 Å². The summed E-state index contributed by atoms with van der Waals surface area (Å²) in [6.45, 7) is 3.94. The van der Waals surface area contributed by atoms with E-state index in [1.807, 2.05) is 43.3 Å². The molecule has 0 aromatic heterocycles. The molecule has 2 aromatic rings. The van der Waals surface area contributed by atoms with E-state index < -0.39 is 29.3 Å². The zero-order valence-electron chi connectivity index (χ0n) is 20.7. The Morgan fingerprint density at radius 2 is 1.86 bits per heavy atom. The van der Waals surface area contributed by atoms with Gasteiger partial charge in [-0.2, -0.15) is 0 Å². The number of hydrogen-bond donors (Lipinski definition) is 2. The zero-order chi connectivity index (χ0) is 25.6. The highest BCUT2D eigenvalue weighted by Gasteiger charge is 2.56. The van der Waals surface area contributed by atoms with Crippen molar-refractivity contribution in [3.63, 3.8) is 0 Å². The summed E-state index contributed by atoms with van der Waals surface area (Å²) in [6.07, 6.45) is 3.16. The van der Waals surface area contributed by atoms with Crippen molar-refractivity contribution in [3.05, 3.63) is 70.8 Å². The lowest BCUT2D eigenvalue weighted by Gasteiger charge is -2.31. The van der Waals surface area contributed by atoms with Crippen LogP contribution in [0.3, 0.4) is 0 Å². The number of imide groups is 1. The highest BCUT2D eigenvalue weighted by molar-refractivity contribution is 6.10. The maximum atomic E-state index is 13.7. The van der Waals surface area contributed by atoms with Gasteiger partial charge in [-0.25, -0.2) is 4.79 Å². The standard InChI is InChI=1S/C28H32N4O4/c1-17(25(29)34)21-10-11-23-22(14-21)12-13-28(23)26(35)32(27(36)30-28)16-24(33)31(18(2)20-8-9-20)15-19-6-4-3-5-7-19/h3-7,10-11,14,17-18,20H,8-9,12-13,15-16H2,1-2H3,(H2,29,34)(H,30,36)/t17-,18-,28?/m0/s1. The van der Waals surface area contributed by atoms with E-state index in [9.17, 15) is 19.2 Å². The summed E-state index contributed by atoms with van der Waals surface area (Å²) >= 11 is 0. The summed E-state index contributed by atoms with van der Waals surface area (Å²) < 4.78 is 0. The molecule has 1 saturated carbocycles. The molecule has 5 amide bonds. The van der Waals surface area contributed by atoms with Crippen LogP contribution in [0.4, 0.5) is 4.79 Å². The lowest BCUT2D eigenvalue weighted by Crippen LogP contribution is -2.47. The van der Waals surface area contributed by atoms with Gasteiger partial charge in [0.05, 0.1) is 5.92 Å². The van der Waals surface area contributed by atoms with Gasteiger partial charge in [0.2, 0.25) is 11.8 Å². The highest BCUT2D eigenvalue weighted by Crippen LogP contribution is 2.42. The molecule has 36 heavy (non-hydrogen) atoms. The van der Waals surface area contributed by atoms with Gasteiger partial charge in [0.1, 0.15) is 12.1 Å². The summed E-state index contributed by atoms with van der Waals surface area (Å²) in [5, 5.41) is 2.89. The summed E-state index contributed by atoms with van der Waals surface area (Å²) in [6, 6.07) is 14.7. The van der Waals surface area contributed by atoms with E-state index in [1.54, 1.807) is 24.0 Å². The van der Waals surface area contributed by atoms with Crippen molar-refractivity contribution in [2.24, 2.45) is 11.7 Å². The summed E-state index contributed by atoms with van der Waals surface area (Å²) in [5.41, 5.74) is 7.72. The first kappa shape index (κ1) is 24.0. The maximum Gasteiger partial charge on any atom is 0.325 e. The number of nitrogens with zero attached hydrogens (tertiary/aromatic N) is 2. The Hall–Kier alpha value is -3.68. The number of nitrogens with one attached hydrogen (secondary N) is 1. The van der Waals surface area contributed by atoms with Gasteiger partial charge < -0.3 is 16.0 Å². The molecule has 1 saturated heterocycles. The van der Waals surface area contributed by atoms with Gasteiger partial charge in [-0.05, 0) is 67.7 Å². The van der Waals surface area contributed by atoms with Crippen LogP contribution in [0.15, 0.2) is 48.5 Å². The van der Waals surface area contributed by atoms with Gasteiger partial charge in [-0.15, -0.1) is 0 Å². The Labute approximate surface area is 210 Å². The van der Waals surface area contributed by atoms with E-state index in [0.29, 0.717) is 25.3 Å². The number of rotatable bonds is 8. The number of carbonyl (C=O) groups excluding carboxylic acids is 4. The Morgan fingerprint density at radius 1 is 1.14 bits per heavy atom. The van der Waals surface area contributed by atoms with E-state index in [0.717, 1.165) is 40.0 Å². The lowest BCUT2D eigenvalue weighted by atomic mass is 9.89. The van der Waals surface area contributed by atoms with Crippen molar-refractivity contribution in [3.8, 4) is 0 Å². The largest absolute Gasteiger partial charge is 0.369 e. The van der Waals surface area contributed by atoms with Gasteiger partial charge in [0.15, 0.2) is 0 Å². The maximum absolute atomic E-state index is 13.7. The normalized spacial score (nSPS) is 22.3. The van der Waals surface area contributed by atoms with Crippen molar-refractivity contribution < 1.29 is 19.2 Å². The molecule has 5 rings (SSSR count). The van der Waals surface area contributed by atoms with Crippen LogP contribution in [-0.4, -0.2) is 46.1 Å². The smallest absolute Gasteiger partial charge is 0.325 e. The summed E-state index contributed by atoms with van der Waals surface area (Å²) in [4.78, 5) is 54.7. The van der Waals surface area contributed by atoms with Crippen molar-refractivity contribution >= 4 is 23.8 Å². The molecule has 1 heterocycles. The van der Waals surface area contributed by atoms with Gasteiger partial charge in [0, 0.05) is 12.6 Å². The van der Waals surface area contributed by atoms with E-state index in [1.165, 1.54) is 0 Å². The first-order valence-corrected chi connectivity index (χ1v) is 12.6. The van der Waals surface area contributed by atoms with Crippen LogP contribution in [0.1, 0.15) is 61.3 Å². The molecule has 3 N–H and O–H groups in total. The van der Waals surface area contributed by atoms with Crippen molar-refractivity contribution in [2.75, 3.05) is 6.54 Å². The number of hydrogen-bond acceptors (Lipinski definition) is 4.